The molecule has 14 heavy (non-hydrogen) atoms. The zero-order chi connectivity index (χ0) is 9.97. The summed E-state index contributed by atoms with van der Waals surface area (Å²) < 4.78 is 7.52. The van der Waals surface area contributed by atoms with Gasteiger partial charge in [0.2, 0.25) is 0 Å². The van der Waals surface area contributed by atoms with Crippen molar-refractivity contribution in [3.8, 4) is 5.75 Å². The van der Waals surface area contributed by atoms with Gasteiger partial charge in [0, 0.05) is 12.6 Å². The van der Waals surface area contributed by atoms with Crippen molar-refractivity contribution in [2.75, 3.05) is 6.61 Å². The Balaban J connectivity index is 2.46. The molecule has 2 rings (SSSR count). The Morgan fingerprint density at radius 2 is 2.21 bits per heavy atom. The summed E-state index contributed by atoms with van der Waals surface area (Å²) in [6, 6.07) is 6.02. The first-order valence-electron chi connectivity index (χ1n) is 4.92. The average molecular weight is 190 g/mol. The molecule has 1 aromatic heterocycles. The zero-order valence-corrected chi connectivity index (χ0v) is 8.53. The van der Waals surface area contributed by atoms with Crippen LogP contribution in [0.5, 0.6) is 5.75 Å². The molecular formula is C11H14N2O. The van der Waals surface area contributed by atoms with Crippen LogP contribution in [0.25, 0.3) is 11.0 Å². The highest BCUT2D eigenvalue weighted by atomic mass is 16.5. The molecule has 0 aliphatic carbocycles. The molecular weight excluding hydrogens is 176 g/mol. The third-order valence-electron chi connectivity index (χ3n) is 2.24. The molecule has 0 aliphatic heterocycles. The molecule has 1 heterocycles. The fourth-order valence-electron chi connectivity index (χ4n) is 1.55. The molecule has 0 unspecified atom stereocenters. The third-order valence-corrected chi connectivity index (χ3v) is 2.24. The van der Waals surface area contributed by atoms with Gasteiger partial charge in [0.05, 0.1) is 24.0 Å². The Morgan fingerprint density at radius 1 is 1.36 bits per heavy atom. The van der Waals surface area contributed by atoms with Crippen LogP contribution in [0.15, 0.2) is 24.5 Å². The van der Waals surface area contributed by atoms with E-state index in [2.05, 4.69) is 22.5 Å². The number of hydrogen-bond acceptors (Lipinski definition) is 2. The molecule has 0 fully saturated rings. The molecule has 0 radical (unpaired) electrons. The normalized spacial score (nSPS) is 10.7. The maximum Gasteiger partial charge on any atom is 0.121 e. The smallest absolute Gasteiger partial charge is 0.121 e. The fraction of sp³-hybridized carbons (Fsp3) is 0.364. The lowest BCUT2D eigenvalue weighted by Crippen LogP contribution is -1.92. The molecule has 0 N–H and O–H groups in total. The van der Waals surface area contributed by atoms with E-state index in [4.69, 9.17) is 4.74 Å². The highest BCUT2D eigenvalue weighted by Gasteiger charge is 2.01. The summed E-state index contributed by atoms with van der Waals surface area (Å²) in [7, 11) is 0. The van der Waals surface area contributed by atoms with E-state index < -0.39 is 0 Å². The van der Waals surface area contributed by atoms with Crippen LogP contribution in [0.4, 0.5) is 0 Å². The SMILES string of the molecule is CCOc1ccc2c(c1)ncn2CC. The van der Waals surface area contributed by atoms with Gasteiger partial charge in [0.15, 0.2) is 0 Å². The molecule has 1 aromatic carbocycles. The largest absolute Gasteiger partial charge is 0.494 e. The Kier molecular flexibility index (Phi) is 2.39. The summed E-state index contributed by atoms with van der Waals surface area (Å²) in [5.74, 6) is 0.890. The summed E-state index contributed by atoms with van der Waals surface area (Å²) in [4.78, 5) is 4.32. The molecule has 0 atom stereocenters. The van der Waals surface area contributed by atoms with Crippen molar-refractivity contribution in [2.24, 2.45) is 0 Å². The van der Waals surface area contributed by atoms with Crippen LogP contribution in [0.2, 0.25) is 0 Å². The van der Waals surface area contributed by atoms with Crippen LogP contribution < -0.4 is 4.74 Å². The van der Waals surface area contributed by atoms with Crippen molar-refractivity contribution in [1.82, 2.24) is 9.55 Å². The van der Waals surface area contributed by atoms with E-state index in [1.807, 2.05) is 25.4 Å². The molecule has 3 nitrogen and oxygen atoms in total. The highest BCUT2D eigenvalue weighted by Crippen LogP contribution is 2.19. The van der Waals surface area contributed by atoms with E-state index in [1.54, 1.807) is 0 Å². The monoisotopic (exact) mass is 190 g/mol. The molecule has 0 aliphatic rings. The number of rotatable bonds is 3. The molecule has 0 bridgehead atoms. The Hall–Kier alpha value is -1.51. The predicted molar refractivity (Wildman–Crippen MR) is 56.6 cm³/mol. The van der Waals surface area contributed by atoms with Crippen molar-refractivity contribution < 1.29 is 4.74 Å². The van der Waals surface area contributed by atoms with Crippen molar-refractivity contribution in [3.63, 3.8) is 0 Å². The van der Waals surface area contributed by atoms with Crippen LogP contribution in [0.1, 0.15) is 13.8 Å². The van der Waals surface area contributed by atoms with E-state index >= 15 is 0 Å². The maximum atomic E-state index is 5.41. The molecule has 0 amide bonds. The predicted octanol–water partition coefficient (Wildman–Crippen LogP) is 2.45. The number of fused-ring (bicyclic) bond motifs is 1. The lowest BCUT2D eigenvalue weighted by atomic mass is 10.3. The first-order chi connectivity index (χ1) is 6.85. The van der Waals surface area contributed by atoms with Crippen LogP contribution >= 0.6 is 0 Å². The van der Waals surface area contributed by atoms with Crippen molar-refractivity contribution in [3.05, 3.63) is 24.5 Å². The molecule has 0 saturated carbocycles. The minimum atomic E-state index is 0.694. The first-order valence-corrected chi connectivity index (χ1v) is 4.92. The minimum absolute atomic E-state index is 0.694. The van der Waals surface area contributed by atoms with E-state index in [0.717, 1.165) is 23.3 Å². The number of imidazole rings is 1. The summed E-state index contributed by atoms with van der Waals surface area (Å²) >= 11 is 0. The van der Waals surface area contributed by atoms with Gasteiger partial charge in [-0.3, -0.25) is 0 Å². The summed E-state index contributed by atoms with van der Waals surface area (Å²) in [6.07, 6.45) is 1.86. The van der Waals surface area contributed by atoms with Gasteiger partial charge < -0.3 is 9.30 Å². The number of aryl methyl sites for hydroxylation is 1. The number of nitrogens with zero attached hydrogens (tertiary/aromatic N) is 2. The number of benzene rings is 1. The molecule has 0 saturated heterocycles. The van der Waals surface area contributed by atoms with Gasteiger partial charge in [-0.15, -0.1) is 0 Å². The molecule has 74 valence electrons. The number of ether oxygens (including phenoxy) is 1. The Morgan fingerprint density at radius 3 is 2.93 bits per heavy atom. The highest BCUT2D eigenvalue weighted by molar-refractivity contribution is 5.76. The van der Waals surface area contributed by atoms with Gasteiger partial charge in [-0.2, -0.15) is 0 Å². The topological polar surface area (TPSA) is 27.1 Å². The molecule has 2 aromatic rings. The maximum absolute atomic E-state index is 5.41. The van der Waals surface area contributed by atoms with Crippen LogP contribution in [0.3, 0.4) is 0 Å². The Labute approximate surface area is 83.3 Å². The standard InChI is InChI=1S/C11H14N2O/c1-3-13-8-12-10-7-9(14-4-2)5-6-11(10)13/h5-8H,3-4H2,1-2H3. The van der Waals surface area contributed by atoms with Crippen LogP contribution in [-0.2, 0) is 6.54 Å². The van der Waals surface area contributed by atoms with Gasteiger partial charge in [0.1, 0.15) is 5.75 Å². The van der Waals surface area contributed by atoms with Gasteiger partial charge in [0.25, 0.3) is 0 Å². The second-order valence-electron chi connectivity index (χ2n) is 3.11. The summed E-state index contributed by atoms with van der Waals surface area (Å²) in [5.41, 5.74) is 2.16. The second kappa shape index (κ2) is 3.70. The van der Waals surface area contributed by atoms with Crippen molar-refractivity contribution in [1.29, 1.82) is 0 Å². The zero-order valence-electron chi connectivity index (χ0n) is 8.53. The van der Waals surface area contributed by atoms with Crippen LogP contribution in [0, 0.1) is 0 Å². The molecule has 0 spiro atoms. The number of hydrogen-bond donors (Lipinski definition) is 0. The lowest BCUT2D eigenvalue weighted by molar-refractivity contribution is 0.340. The Bertz CT molecular complexity index is 434. The van der Waals surface area contributed by atoms with E-state index in [9.17, 15) is 0 Å². The second-order valence-corrected chi connectivity index (χ2v) is 3.11. The first kappa shape index (κ1) is 9.06. The fourth-order valence-corrected chi connectivity index (χ4v) is 1.55. The summed E-state index contributed by atoms with van der Waals surface area (Å²) in [5, 5.41) is 0. The third kappa shape index (κ3) is 1.45. The van der Waals surface area contributed by atoms with E-state index in [0.29, 0.717) is 6.61 Å². The van der Waals surface area contributed by atoms with Gasteiger partial charge in [-0.25, -0.2) is 4.98 Å². The molecule has 3 heteroatoms. The average Bonchev–Trinajstić information content (AvgIpc) is 2.60. The van der Waals surface area contributed by atoms with Crippen molar-refractivity contribution in [2.45, 2.75) is 20.4 Å². The van der Waals surface area contributed by atoms with Gasteiger partial charge in [-0.05, 0) is 26.0 Å². The number of aromatic nitrogens is 2. The van der Waals surface area contributed by atoms with Gasteiger partial charge >= 0.3 is 0 Å². The van der Waals surface area contributed by atoms with Gasteiger partial charge in [-0.1, -0.05) is 0 Å². The van der Waals surface area contributed by atoms with E-state index in [-0.39, 0.29) is 0 Å². The lowest BCUT2D eigenvalue weighted by Gasteiger charge is -2.03. The quantitative estimate of drug-likeness (QED) is 0.743. The summed E-state index contributed by atoms with van der Waals surface area (Å²) in [6.45, 7) is 5.73. The van der Waals surface area contributed by atoms with E-state index in [1.165, 1.54) is 0 Å². The van der Waals surface area contributed by atoms with Crippen LogP contribution in [-0.4, -0.2) is 16.2 Å². The van der Waals surface area contributed by atoms with Crippen molar-refractivity contribution >= 4 is 11.0 Å². The minimum Gasteiger partial charge on any atom is -0.494 e.